The van der Waals surface area contributed by atoms with Gasteiger partial charge in [0.25, 0.3) is 0 Å². The smallest absolute Gasteiger partial charge is 0.147 e. The van der Waals surface area contributed by atoms with Crippen LogP contribution < -0.4 is 11.3 Å². The molecular weight excluding hydrogens is 236 g/mol. The molecule has 2 heterocycles. The van der Waals surface area contributed by atoms with E-state index in [1.165, 1.54) is 0 Å². The van der Waals surface area contributed by atoms with E-state index >= 15 is 0 Å². The molecule has 6 heteroatoms. The zero-order valence-electron chi connectivity index (χ0n) is 9.94. The number of nitrogens with one attached hydrogen (secondary N) is 1. The summed E-state index contributed by atoms with van der Waals surface area (Å²) in [5.41, 5.74) is 3.52. The van der Waals surface area contributed by atoms with Gasteiger partial charge in [0.2, 0.25) is 0 Å². The van der Waals surface area contributed by atoms with Crippen LogP contribution in [0.3, 0.4) is 0 Å². The maximum Gasteiger partial charge on any atom is 0.147 e. The van der Waals surface area contributed by atoms with Gasteiger partial charge in [0.15, 0.2) is 0 Å². The van der Waals surface area contributed by atoms with Crippen molar-refractivity contribution < 1.29 is 4.42 Å². The normalized spacial score (nSPS) is 10.6. The average molecular weight is 250 g/mol. The van der Waals surface area contributed by atoms with Gasteiger partial charge in [0.05, 0.1) is 11.2 Å². The summed E-state index contributed by atoms with van der Waals surface area (Å²) in [5, 5.41) is 0.884. The Bertz CT molecular complexity index is 538. The first-order chi connectivity index (χ1) is 8.11. The third-order valence-corrected chi connectivity index (χ3v) is 3.60. The highest BCUT2D eigenvalue weighted by Gasteiger charge is 2.12. The summed E-state index contributed by atoms with van der Waals surface area (Å²) < 4.78 is 5.26. The largest absolute Gasteiger partial charge is 0.468 e. The van der Waals surface area contributed by atoms with Crippen LogP contribution in [-0.4, -0.2) is 9.97 Å². The molecule has 0 bridgehead atoms. The molecule has 0 unspecified atom stereocenters. The van der Waals surface area contributed by atoms with E-state index in [9.17, 15) is 0 Å². The van der Waals surface area contributed by atoms with Crippen LogP contribution >= 0.6 is 11.8 Å². The average Bonchev–Trinajstić information content (AvgIpc) is 2.69. The molecule has 0 aliphatic carbocycles. The molecule has 0 aromatic carbocycles. The molecule has 2 rings (SSSR count). The first-order valence-electron chi connectivity index (χ1n) is 5.15. The topological polar surface area (TPSA) is 77.0 Å². The number of aromatic nitrogens is 2. The lowest BCUT2D eigenvalue weighted by Crippen LogP contribution is -2.12. The second-order valence-corrected chi connectivity index (χ2v) is 4.67. The predicted molar refractivity (Wildman–Crippen MR) is 66.9 cm³/mol. The molecule has 3 N–H and O–H groups in total. The third kappa shape index (κ3) is 2.42. The fourth-order valence-electron chi connectivity index (χ4n) is 1.43. The molecule has 0 atom stereocenters. The van der Waals surface area contributed by atoms with E-state index in [2.05, 4.69) is 15.4 Å². The molecule has 90 valence electrons. The Morgan fingerprint density at radius 2 is 2.06 bits per heavy atom. The van der Waals surface area contributed by atoms with E-state index in [1.54, 1.807) is 18.0 Å². The number of nitrogens with two attached hydrogens (primary N) is 1. The van der Waals surface area contributed by atoms with Crippen LogP contribution in [0, 0.1) is 20.8 Å². The quantitative estimate of drug-likeness (QED) is 0.495. The molecule has 0 aliphatic heterocycles. The lowest BCUT2D eigenvalue weighted by Gasteiger charge is -2.09. The van der Waals surface area contributed by atoms with Crippen LogP contribution in [0.25, 0.3) is 0 Å². The summed E-state index contributed by atoms with van der Waals surface area (Å²) in [4.78, 5) is 9.68. The fourth-order valence-corrected chi connectivity index (χ4v) is 2.38. The minimum Gasteiger partial charge on any atom is -0.468 e. The number of anilines is 1. The summed E-state index contributed by atoms with van der Waals surface area (Å²) in [6.45, 7) is 5.70. The number of nitrogen functional groups attached to an aromatic ring is 1. The van der Waals surface area contributed by atoms with Crippen molar-refractivity contribution in [2.45, 2.75) is 30.7 Å². The molecule has 0 aliphatic rings. The minimum absolute atomic E-state index is 0.654. The van der Waals surface area contributed by atoms with Crippen molar-refractivity contribution in [1.82, 2.24) is 9.97 Å². The van der Waals surface area contributed by atoms with Crippen molar-refractivity contribution in [3.63, 3.8) is 0 Å². The van der Waals surface area contributed by atoms with Crippen LogP contribution in [0.2, 0.25) is 0 Å². The molecule has 0 spiro atoms. The number of hydrogen-bond donors (Lipinski definition) is 2. The Hall–Kier alpha value is -1.53. The summed E-state index contributed by atoms with van der Waals surface area (Å²) in [5.74, 6) is 7.65. The lowest BCUT2D eigenvalue weighted by atomic mass is 10.3. The van der Waals surface area contributed by atoms with Gasteiger partial charge < -0.3 is 9.84 Å². The molecule has 0 saturated carbocycles. The number of furan rings is 1. The number of hydrazine groups is 1. The van der Waals surface area contributed by atoms with Gasteiger partial charge in [-0.15, -0.1) is 0 Å². The standard InChI is InChI=1S/C11H14N4OS/c1-6-10(15-12)13-8(3)14-11(6)17-9-4-5-16-7(9)2/h4-5H,12H2,1-3H3,(H,13,14,15). The number of aryl methyl sites for hydroxylation is 2. The van der Waals surface area contributed by atoms with Gasteiger partial charge in [0, 0.05) is 5.56 Å². The van der Waals surface area contributed by atoms with Crippen molar-refractivity contribution in [1.29, 1.82) is 0 Å². The van der Waals surface area contributed by atoms with E-state index < -0.39 is 0 Å². The van der Waals surface area contributed by atoms with Crippen LogP contribution in [0.4, 0.5) is 5.82 Å². The van der Waals surface area contributed by atoms with Gasteiger partial charge in [-0.3, -0.25) is 0 Å². The van der Waals surface area contributed by atoms with Crippen LogP contribution in [0.15, 0.2) is 26.7 Å². The van der Waals surface area contributed by atoms with Crippen molar-refractivity contribution >= 4 is 17.6 Å². The highest BCUT2D eigenvalue weighted by atomic mass is 32.2. The van der Waals surface area contributed by atoms with Crippen molar-refractivity contribution in [2.24, 2.45) is 5.84 Å². The number of rotatable bonds is 3. The van der Waals surface area contributed by atoms with Crippen molar-refractivity contribution in [3.8, 4) is 0 Å². The predicted octanol–water partition coefficient (Wildman–Crippen LogP) is 2.43. The molecule has 2 aromatic heterocycles. The molecule has 17 heavy (non-hydrogen) atoms. The Morgan fingerprint density at radius 1 is 1.29 bits per heavy atom. The minimum atomic E-state index is 0.654. The van der Waals surface area contributed by atoms with Gasteiger partial charge in [-0.05, 0) is 26.8 Å². The third-order valence-electron chi connectivity index (χ3n) is 2.37. The van der Waals surface area contributed by atoms with Gasteiger partial charge >= 0.3 is 0 Å². The summed E-state index contributed by atoms with van der Waals surface area (Å²) in [7, 11) is 0. The van der Waals surface area contributed by atoms with Gasteiger partial charge in [-0.25, -0.2) is 15.8 Å². The van der Waals surface area contributed by atoms with E-state index in [0.717, 1.165) is 21.2 Å². The molecule has 0 saturated heterocycles. The zero-order valence-corrected chi connectivity index (χ0v) is 10.8. The van der Waals surface area contributed by atoms with Crippen LogP contribution in [0.1, 0.15) is 17.1 Å². The van der Waals surface area contributed by atoms with Crippen LogP contribution in [-0.2, 0) is 0 Å². The highest BCUT2D eigenvalue weighted by Crippen LogP contribution is 2.33. The first-order valence-corrected chi connectivity index (χ1v) is 5.97. The Labute approximate surface area is 104 Å². The molecule has 2 aromatic rings. The Kier molecular flexibility index (Phi) is 3.35. The fraction of sp³-hybridized carbons (Fsp3) is 0.273. The number of nitrogens with zero attached hydrogens (tertiary/aromatic N) is 2. The summed E-state index contributed by atoms with van der Waals surface area (Å²) >= 11 is 1.55. The maximum absolute atomic E-state index is 5.42. The van der Waals surface area contributed by atoms with Crippen molar-refractivity contribution in [3.05, 3.63) is 29.5 Å². The Morgan fingerprint density at radius 3 is 2.65 bits per heavy atom. The van der Waals surface area contributed by atoms with Crippen LogP contribution in [0.5, 0.6) is 0 Å². The molecule has 0 amide bonds. The number of hydrogen-bond acceptors (Lipinski definition) is 6. The van der Waals surface area contributed by atoms with Gasteiger partial charge in [-0.2, -0.15) is 0 Å². The molecule has 0 radical (unpaired) electrons. The maximum atomic E-state index is 5.42. The van der Waals surface area contributed by atoms with E-state index in [-0.39, 0.29) is 0 Å². The van der Waals surface area contributed by atoms with Gasteiger partial charge in [-0.1, -0.05) is 11.8 Å². The molecular formula is C11H14N4OS. The summed E-state index contributed by atoms with van der Waals surface area (Å²) in [6, 6.07) is 1.92. The summed E-state index contributed by atoms with van der Waals surface area (Å²) in [6.07, 6.45) is 1.67. The zero-order chi connectivity index (χ0) is 12.4. The SMILES string of the molecule is Cc1nc(NN)c(C)c(Sc2ccoc2C)n1. The lowest BCUT2D eigenvalue weighted by molar-refractivity contribution is 0.527. The van der Waals surface area contributed by atoms with E-state index in [4.69, 9.17) is 10.3 Å². The second kappa shape index (κ2) is 4.77. The van der Waals surface area contributed by atoms with E-state index in [1.807, 2.05) is 26.8 Å². The second-order valence-electron chi connectivity index (χ2n) is 3.64. The molecule has 0 fully saturated rings. The first kappa shape index (κ1) is 11.9. The van der Waals surface area contributed by atoms with Crippen molar-refractivity contribution in [2.75, 3.05) is 5.43 Å². The monoisotopic (exact) mass is 250 g/mol. The highest BCUT2D eigenvalue weighted by molar-refractivity contribution is 7.99. The molecule has 5 nitrogen and oxygen atoms in total. The van der Waals surface area contributed by atoms with Gasteiger partial charge in [0.1, 0.15) is 22.4 Å². The van der Waals surface area contributed by atoms with E-state index in [0.29, 0.717) is 11.6 Å². The Balaban J connectivity index is 2.39.